The highest BCUT2D eigenvalue weighted by Gasteiger charge is 2.82. The highest BCUT2D eigenvalue weighted by atomic mass is 35.5. The largest absolute Gasteiger partial charge is 0.353 e. The molecular formula is C25H20ClN5O5S. The Morgan fingerprint density at radius 1 is 1.24 bits per heavy atom. The number of carbonyl (C=O) groups excluding carboxylic acids is 2. The van der Waals surface area contributed by atoms with Crippen molar-refractivity contribution in [3.63, 3.8) is 0 Å². The first-order valence-corrected chi connectivity index (χ1v) is 13.2. The summed E-state index contributed by atoms with van der Waals surface area (Å²) in [5, 5.41) is 19.6. The Kier molecular flexibility index (Phi) is 4.51. The number of nitrogens with zero attached hydrogens (tertiary/aromatic N) is 4. The molecule has 4 aliphatic rings. The van der Waals surface area contributed by atoms with Gasteiger partial charge in [0.15, 0.2) is 5.69 Å². The van der Waals surface area contributed by atoms with Gasteiger partial charge in [-0.15, -0.1) is 11.8 Å². The minimum atomic E-state index is -1.60. The number of aryl methyl sites for hydroxylation is 1. The number of amides is 2. The van der Waals surface area contributed by atoms with Crippen LogP contribution in [0.4, 0.5) is 17.1 Å². The molecule has 12 heteroatoms. The van der Waals surface area contributed by atoms with Gasteiger partial charge in [0.25, 0.3) is 5.91 Å². The molecule has 2 amide bonds. The van der Waals surface area contributed by atoms with Crippen LogP contribution in [0.5, 0.6) is 0 Å². The van der Waals surface area contributed by atoms with Crippen molar-refractivity contribution in [3.8, 4) is 0 Å². The number of fused-ring (bicyclic) bond motifs is 7. The van der Waals surface area contributed by atoms with Gasteiger partial charge in [-0.1, -0.05) is 35.0 Å². The molecule has 4 atom stereocenters. The summed E-state index contributed by atoms with van der Waals surface area (Å²) in [7, 11) is 1.66. The molecule has 0 saturated carbocycles. The number of aromatic nitrogens is 1. The molecular weight excluding hydrogens is 518 g/mol. The van der Waals surface area contributed by atoms with Crippen molar-refractivity contribution < 1.29 is 19.0 Å². The van der Waals surface area contributed by atoms with Gasteiger partial charge in [-0.3, -0.25) is 24.6 Å². The Morgan fingerprint density at radius 2 is 2.03 bits per heavy atom. The van der Waals surface area contributed by atoms with Crippen molar-refractivity contribution >= 4 is 52.2 Å². The number of anilines is 2. The average Bonchev–Trinajstić information content (AvgIpc) is 3.63. The monoisotopic (exact) mass is 537 g/mol. The van der Waals surface area contributed by atoms with Gasteiger partial charge in [0, 0.05) is 46.7 Å². The number of carbonyl (C=O) groups is 2. The SMILES string of the molecule is Cc1noc([C@@H]2C3CSCN3[C@]3(C(=O)Nc4ccccc43)[C@@]23C(=O)N(C)c2ccc(Cl)cc23)c1[N+](=O)[O-]. The first-order valence-electron chi connectivity index (χ1n) is 11.7. The summed E-state index contributed by atoms with van der Waals surface area (Å²) in [5.74, 6) is -0.563. The van der Waals surface area contributed by atoms with Crippen LogP contribution in [0.2, 0.25) is 5.02 Å². The first-order chi connectivity index (χ1) is 17.8. The zero-order chi connectivity index (χ0) is 25.9. The zero-order valence-electron chi connectivity index (χ0n) is 19.7. The molecule has 37 heavy (non-hydrogen) atoms. The van der Waals surface area contributed by atoms with Crippen LogP contribution in [0, 0.1) is 17.0 Å². The second-order valence-electron chi connectivity index (χ2n) is 9.80. The minimum absolute atomic E-state index is 0.00336. The Hall–Kier alpha value is -3.41. The number of hydrogen-bond donors (Lipinski definition) is 1. The van der Waals surface area contributed by atoms with Gasteiger partial charge < -0.3 is 14.7 Å². The van der Waals surface area contributed by atoms with Gasteiger partial charge in [-0.2, -0.15) is 0 Å². The van der Waals surface area contributed by atoms with E-state index in [0.29, 0.717) is 39.2 Å². The van der Waals surface area contributed by atoms with Crippen LogP contribution in [-0.2, 0) is 20.5 Å². The maximum Gasteiger partial charge on any atom is 0.334 e. The second-order valence-corrected chi connectivity index (χ2v) is 11.2. The van der Waals surface area contributed by atoms with Crippen LogP contribution < -0.4 is 10.2 Å². The predicted octanol–water partition coefficient (Wildman–Crippen LogP) is 3.78. The second kappa shape index (κ2) is 7.33. The van der Waals surface area contributed by atoms with E-state index in [0.717, 1.165) is 0 Å². The fourth-order valence-corrected chi connectivity index (χ4v) is 8.65. The number of thioether (sulfide) groups is 1. The number of likely N-dealkylation sites (N-methyl/N-ethyl adjacent to an activating group) is 1. The summed E-state index contributed by atoms with van der Waals surface area (Å²) < 4.78 is 5.73. The maximum atomic E-state index is 14.8. The van der Waals surface area contributed by atoms with E-state index in [1.807, 2.05) is 29.2 Å². The standard InChI is InChI=1S/C25H20ClN5O5S/c1-12-20(31(34)35)21(36-28-12)19-18-10-37-11-30(18)25(14-5-3-4-6-16(14)27-22(25)32)24(19)15-9-13(26)7-8-17(15)29(2)23(24)33/h3-9,18-19H,10-11H2,1-2H3,(H,27,32)/t18?,19-,24+,25+/m0/s1. The van der Waals surface area contributed by atoms with E-state index in [9.17, 15) is 19.7 Å². The topological polar surface area (TPSA) is 122 Å². The number of nitro groups is 1. The fraction of sp³-hybridized carbons (Fsp3) is 0.320. The van der Waals surface area contributed by atoms with Gasteiger partial charge in [-0.05, 0) is 36.8 Å². The van der Waals surface area contributed by atoms with Gasteiger partial charge in [0.2, 0.25) is 11.7 Å². The van der Waals surface area contributed by atoms with E-state index in [2.05, 4.69) is 10.5 Å². The lowest BCUT2D eigenvalue weighted by molar-refractivity contribution is -0.386. The van der Waals surface area contributed by atoms with Crippen molar-refractivity contribution in [1.29, 1.82) is 0 Å². The molecule has 1 aromatic heterocycles. The molecule has 3 aromatic rings. The summed E-state index contributed by atoms with van der Waals surface area (Å²) >= 11 is 8.13. The van der Waals surface area contributed by atoms with Crippen LogP contribution in [-0.4, -0.2) is 51.5 Å². The third-order valence-corrected chi connectivity index (χ3v) is 9.65. The molecule has 1 unspecified atom stereocenters. The number of para-hydroxylation sites is 1. The van der Waals surface area contributed by atoms with Crippen molar-refractivity contribution in [2.45, 2.75) is 29.8 Å². The number of rotatable bonds is 2. The van der Waals surface area contributed by atoms with Crippen molar-refractivity contribution in [1.82, 2.24) is 10.1 Å². The minimum Gasteiger partial charge on any atom is -0.353 e. The highest BCUT2D eigenvalue weighted by Crippen LogP contribution is 2.71. The van der Waals surface area contributed by atoms with Gasteiger partial charge >= 0.3 is 5.69 Å². The van der Waals surface area contributed by atoms with E-state index in [4.69, 9.17) is 16.1 Å². The number of nitrogens with one attached hydrogen (secondary N) is 1. The summed E-state index contributed by atoms with van der Waals surface area (Å²) in [4.78, 5) is 44.4. The molecule has 2 fully saturated rings. The lowest BCUT2D eigenvalue weighted by Gasteiger charge is -2.43. The molecule has 1 N–H and O–H groups in total. The van der Waals surface area contributed by atoms with E-state index in [1.165, 1.54) is 11.8 Å². The van der Waals surface area contributed by atoms with Gasteiger partial charge in [0.1, 0.15) is 11.0 Å². The molecule has 188 valence electrons. The van der Waals surface area contributed by atoms with Crippen molar-refractivity contribution in [2.24, 2.45) is 0 Å². The summed E-state index contributed by atoms with van der Waals surface area (Å²) in [6, 6.07) is 12.1. The molecule has 2 spiro atoms. The normalized spacial score (nSPS) is 29.8. The van der Waals surface area contributed by atoms with Crippen molar-refractivity contribution in [2.75, 3.05) is 28.9 Å². The van der Waals surface area contributed by atoms with Crippen molar-refractivity contribution in [3.05, 3.63) is 80.2 Å². The Morgan fingerprint density at radius 3 is 2.81 bits per heavy atom. The third-order valence-electron chi connectivity index (χ3n) is 8.37. The predicted molar refractivity (Wildman–Crippen MR) is 137 cm³/mol. The summed E-state index contributed by atoms with van der Waals surface area (Å²) in [6.07, 6.45) is 0. The van der Waals surface area contributed by atoms with Crippen LogP contribution in [0.1, 0.15) is 28.5 Å². The van der Waals surface area contributed by atoms with Crippen LogP contribution in [0.25, 0.3) is 0 Å². The van der Waals surface area contributed by atoms with Crippen LogP contribution >= 0.6 is 23.4 Å². The molecule has 10 nitrogen and oxygen atoms in total. The Bertz CT molecular complexity index is 1560. The number of halogens is 1. The molecule has 7 rings (SSSR count). The Balaban J connectivity index is 1.68. The molecule has 0 aliphatic carbocycles. The number of hydrogen-bond acceptors (Lipinski definition) is 8. The van der Waals surface area contributed by atoms with E-state index in [1.54, 1.807) is 37.0 Å². The molecule has 4 aliphatic heterocycles. The molecule has 0 bridgehead atoms. The van der Waals surface area contributed by atoms with Crippen LogP contribution in [0.3, 0.4) is 0 Å². The average molecular weight is 538 g/mol. The maximum absolute atomic E-state index is 14.8. The first kappa shape index (κ1) is 22.8. The van der Waals surface area contributed by atoms with Gasteiger partial charge in [0.05, 0.1) is 10.8 Å². The zero-order valence-corrected chi connectivity index (χ0v) is 21.3. The smallest absolute Gasteiger partial charge is 0.334 e. The lowest BCUT2D eigenvalue weighted by atomic mass is 9.58. The van der Waals surface area contributed by atoms with E-state index < -0.39 is 27.8 Å². The fourth-order valence-electron chi connectivity index (χ4n) is 7.17. The van der Waals surface area contributed by atoms with Crippen LogP contribution in [0.15, 0.2) is 47.0 Å². The van der Waals surface area contributed by atoms with E-state index in [-0.39, 0.29) is 29.0 Å². The lowest BCUT2D eigenvalue weighted by Crippen LogP contribution is -2.62. The van der Waals surface area contributed by atoms with Gasteiger partial charge in [-0.25, -0.2) is 0 Å². The quantitative estimate of drug-likeness (QED) is 0.387. The highest BCUT2D eigenvalue weighted by molar-refractivity contribution is 7.99. The summed E-state index contributed by atoms with van der Waals surface area (Å²) in [5.41, 5.74) is -0.818. The number of benzene rings is 2. The third kappa shape index (κ3) is 2.41. The molecule has 2 aromatic carbocycles. The molecule has 2 saturated heterocycles. The molecule has 0 radical (unpaired) electrons. The molecule has 5 heterocycles. The van der Waals surface area contributed by atoms with E-state index >= 15 is 0 Å². The summed E-state index contributed by atoms with van der Waals surface area (Å²) in [6.45, 7) is 1.51. The Labute approximate surface area is 220 Å².